The molecule has 2 amide bonds. The Labute approximate surface area is 107 Å². The Hall–Kier alpha value is -1.31. The predicted octanol–water partition coefficient (Wildman–Crippen LogP) is -0.0280. The molecule has 1 unspecified atom stereocenters. The zero-order valence-electron chi connectivity index (χ0n) is 10.8. The van der Waals surface area contributed by atoms with E-state index >= 15 is 0 Å². The Morgan fingerprint density at radius 1 is 1.28 bits per heavy atom. The van der Waals surface area contributed by atoms with Gasteiger partial charge in [-0.25, -0.2) is 18.0 Å². The Morgan fingerprint density at radius 2 is 1.83 bits per heavy atom. The number of hydrogen-bond acceptors (Lipinski definition) is 4. The van der Waals surface area contributed by atoms with Gasteiger partial charge in [-0.1, -0.05) is 13.3 Å². The first kappa shape index (κ1) is 16.7. The number of urea groups is 1. The average molecular weight is 280 g/mol. The fourth-order valence-electron chi connectivity index (χ4n) is 1.47. The highest BCUT2D eigenvalue weighted by Gasteiger charge is 2.20. The SMILES string of the molecule is CCC[C@H](NC(=O)NC(C)CS(C)(=O)=O)C(=O)O. The second kappa shape index (κ2) is 7.20. The first-order chi connectivity index (χ1) is 8.15. The average Bonchev–Trinajstić information content (AvgIpc) is 2.13. The van der Waals surface area contributed by atoms with Crippen molar-refractivity contribution < 1.29 is 23.1 Å². The molecule has 18 heavy (non-hydrogen) atoms. The van der Waals surface area contributed by atoms with E-state index in [1.54, 1.807) is 0 Å². The van der Waals surface area contributed by atoms with E-state index in [0.717, 1.165) is 6.26 Å². The van der Waals surface area contributed by atoms with Gasteiger partial charge < -0.3 is 15.7 Å². The van der Waals surface area contributed by atoms with Crippen LogP contribution in [0.2, 0.25) is 0 Å². The van der Waals surface area contributed by atoms with Gasteiger partial charge in [-0.05, 0) is 13.3 Å². The topological polar surface area (TPSA) is 113 Å². The summed E-state index contributed by atoms with van der Waals surface area (Å²) in [6.45, 7) is 3.35. The van der Waals surface area contributed by atoms with Crippen LogP contribution in [-0.4, -0.2) is 49.6 Å². The third-order valence-electron chi connectivity index (χ3n) is 2.11. The number of amides is 2. The van der Waals surface area contributed by atoms with Crippen molar-refractivity contribution in [2.24, 2.45) is 0 Å². The van der Waals surface area contributed by atoms with E-state index in [9.17, 15) is 18.0 Å². The Morgan fingerprint density at radius 3 is 2.22 bits per heavy atom. The summed E-state index contributed by atoms with van der Waals surface area (Å²) in [4.78, 5) is 22.2. The summed E-state index contributed by atoms with van der Waals surface area (Å²) in [6.07, 6.45) is 2.01. The summed E-state index contributed by atoms with van der Waals surface area (Å²) in [7, 11) is -3.18. The molecular formula is C10H20N2O5S. The second-order valence-electron chi connectivity index (χ2n) is 4.29. The molecule has 2 atom stereocenters. The molecule has 0 saturated heterocycles. The fraction of sp³-hybridized carbons (Fsp3) is 0.800. The molecule has 7 nitrogen and oxygen atoms in total. The number of sulfone groups is 1. The number of carbonyl (C=O) groups excluding carboxylic acids is 1. The first-order valence-electron chi connectivity index (χ1n) is 5.63. The highest BCUT2D eigenvalue weighted by molar-refractivity contribution is 7.90. The summed E-state index contributed by atoms with van der Waals surface area (Å²) >= 11 is 0. The maximum Gasteiger partial charge on any atom is 0.326 e. The van der Waals surface area contributed by atoms with Crippen LogP contribution in [-0.2, 0) is 14.6 Å². The van der Waals surface area contributed by atoms with E-state index in [1.807, 2.05) is 6.92 Å². The van der Waals surface area contributed by atoms with E-state index in [-0.39, 0.29) is 5.75 Å². The van der Waals surface area contributed by atoms with E-state index < -0.39 is 33.9 Å². The summed E-state index contributed by atoms with van der Waals surface area (Å²) in [5.41, 5.74) is 0. The fourth-order valence-corrected chi connectivity index (χ4v) is 2.46. The van der Waals surface area contributed by atoms with Gasteiger partial charge in [-0.3, -0.25) is 0 Å². The van der Waals surface area contributed by atoms with Gasteiger partial charge in [0.2, 0.25) is 0 Å². The molecule has 0 aliphatic carbocycles. The molecule has 0 radical (unpaired) electrons. The minimum atomic E-state index is -3.18. The molecule has 0 aromatic carbocycles. The van der Waals surface area contributed by atoms with Crippen LogP contribution < -0.4 is 10.6 Å². The monoisotopic (exact) mass is 280 g/mol. The van der Waals surface area contributed by atoms with Crippen LogP contribution in [0.3, 0.4) is 0 Å². The normalized spacial score (nSPS) is 14.6. The van der Waals surface area contributed by atoms with Gasteiger partial charge in [0, 0.05) is 12.3 Å². The van der Waals surface area contributed by atoms with E-state index in [1.165, 1.54) is 6.92 Å². The zero-order valence-corrected chi connectivity index (χ0v) is 11.6. The number of rotatable bonds is 7. The molecular weight excluding hydrogens is 260 g/mol. The number of aliphatic carboxylic acids is 1. The highest BCUT2D eigenvalue weighted by atomic mass is 32.2. The summed E-state index contributed by atoms with van der Waals surface area (Å²) < 4.78 is 22.0. The van der Waals surface area contributed by atoms with Crippen LogP contribution in [0.1, 0.15) is 26.7 Å². The van der Waals surface area contributed by atoms with Crippen LogP contribution in [0.4, 0.5) is 4.79 Å². The lowest BCUT2D eigenvalue weighted by Gasteiger charge is -2.17. The number of nitrogens with one attached hydrogen (secondary N) is 2. The van der Waals surface area contributed by atoms with Crippen LogP contribution in [0.25, 0.3) is 0 Å². The van der Waals surface area contributed by atoms with E-state index in [4.69, 9.17) is 5.11 Å². The van der Waals surface area contributed by atoms with Gasteiger partial charge in [0.25, 0.3) is 0 Å². The largest absolute Gasteiger partial charge is 0.480 e. The molecule has 8 heteroatoms. The molecule has 0 aromatic rings. The molecule has 0 saturated carbocycles. The van der Waals surface area contributed by atoms with Crippen LogP contribution in [0.5, 0.6) is 0 Å². The predicted molar refractivity (Wildman–Crippen MR) is 67.2 cm³/mol. The Kier molecular flexibility index (Phi) is 6.67. The molecule has 0 rings (SSSR count). The first-order valence-corrected chi connectivity index (χ1v) is 7.69. The number of hydrogen-bond donors (Lipinski definition) is 3. The number of carboxylic acid groups (broad SMARTS) is 1. The molecule has 3 N–H and O–H groups in total. The summed E-state index contributed by atoms with van der Waals surface area (Å²) in [6, 6.07) is -2.21. The minimum Gasteiger partial charge on any atom is -0.480 e. The maximum absolute atomic E-state index is 11.4. The lowest BCUT2D eigenvalue weighted by Crippen LogP contribution is -2.49. The van der Waals surface area contributed by atoms with Gasteiger partial charge in [0.1, 0.15) is 15.9 Å². The lowest BCUT2D eigenvalue weighted by atomic mass is 10.2. The van der Waals surface area contributed by atoms with Crippen LogP contribution in [0, 0.1) is 0 Å². The molecule has 0 aromatic heterocycles. The number of carboxylic acids is 1. The van der Waals surface area contributed by atoms with Gasteiger partial charge in [0.15, 0.2) is 0 Å². The van der Waals surface area contributed by atoms with Crippen molar-refractivity contribution in [1.29, 1.82) is 0 Å². The van der Waals surface area contributed by atoms with Crippen molar-refractivity contribution >= 4 is 21.8 Å². The van der Waals surface area contributed by atoms with E-state index in [2.05, 4.69) is 10.6 Å². The molecule has 0 heterocycles. The maximum atomic E-state index is 11.4. The Bertz CT molecular complexity index is 393. The number of carbonyl (C=O) groups is 2. The van der Waals surface area contributed by atoms with Gasteiger partial charge in [0.05, 0.1) is 5.75 Å². The smallest absolute Gasteiger partial charge is 0.326 e. The summed E-state index contributed by atoms with van der Waals surface area (Å²) in [5, 5.41) is 13.5. The van der Waals surface area contributed by atoms with Crippen molar-refractivity contribution in [3.05, 3.63) is 0 Å². The van der Waals surface area contributed by atoms with Gasteiger partial charge >= 0.3 is 12.0 Å². The molecule has 0 fully saturated rings. The molecule has 0 aliphatic rings. The highest BCUT2D eigenvalue weighted by Crippen LogP contribution is 1.97. The third kappa shape index (κ3) is 7.88. The quantitative estimate of drug-likeness (QED) is 0.606. The third-order valence-corrected chi connectivity index (χ3v) is 3.22. The van der Waals surface area contributed by atoms with Gasteiger partial charge in [-0.15, -0.1) is 0 Å². The van der Waals surface area contributed by atoms with E-state index in [0.29, 0.717) is 12.8 Å². The van der Waals surface area contributed by atoms with Crippen molar-refractivity contribution in [1.82, 2.24) is 10.6 Å². The van der Waals surface area contributed by atoms with Crippen molar-refractivity contribution in [3.8, 4) is 0 Å². The second-order valence-corrected chi connectivity index (χ2v) is 6.48. The molecule has 106 valence electrons. The molecule has 0 spiro atoms. The van der Waals surface area contributed by atoms with Crippen LogP contribution in [0.15, 0.2) is 0 Å². The van der Waals surface area contributed by atoms with Gasteiger partial charge in [-0.2, -0.15) is 0 Å². The lowest BCUT2D eigenvalue weighted by molar-refractivity contribution is -0.139. The summed E-state index contributed by atoms with van der Waals surface area (Å²) in [5.74, 6) is -1.30. The van der Waals surface area contributed by atoms with Crippen molar-refractivity contribution in [2.45, 2.75) is 38.8 Å². The van der Waals surface area contributed by atoms with Crippen LogP contribution >= 0.6 is 0 Å². The minimum absolute atomic E-state index is 0.189. The molecule has 0 aliphatic heterocycles. The standard InChI is InChI=1S/C10H20N2O5S/c1-4-5-8(9(13)14)12-10(15)11-7(2)6-18(3,16)17/h7-8H,4-6H2,1-3H3,(H,13,14)(H2,11,12,15)/t7?,8-/m0/s1. The molecule has 0 bridgehead atoms. The Balaban J connectivity index is 4.28. The van der Waals surface area contributed by atoms with Crippen molar-refractivity contribution in [3.63, 3.8) is 0 Å². The van der Waals surface area contributed by atoms with Crippen molar-refractivity contribution in [2.75, 3.05) is 12.0 Å². The zero-order chi connectivity index (χ0) is 14.3.